The van der Waals surface area contributed by atoms with Crippen molar-refractivity contribution in [2.75, 3.05) is 7.05 Å². The first-order valence-corrected chi connectivity index (χ1v) is 8.63. The summed E-state index contributed by atoms with van der Waals surface area (Å²) in [6, 6.07) is 23.9. The van der Waals surface area contributed by atoms with Crippen LogP contribution in [0.1, 0.15) is 31.8 Å². The summed E-state index contributed by atoms with van der Waals surface area (Å²) in [6.45, 7) is 3.91. The van der Waals surface area contributed by atoms with Gasteiger partial charge in [0.05, 0.1) is 5.56 Å². The van der Waals surface area contributed by atoms with Crippen LogP contribution in [-0.4, -0.2) is 18.9 Å². The first-order valence-electron chi connectivity index (χ1n) is 8.63. The molecule has 4 heteroatoms. The number of amides is 1. The predicted octanol–water partition coefficient (Wildman–Crippen LogP) is 4.57. The summed E-state index contributed by atoms with van der Waals surface area (Å²) in [5, 5.41) is 2.54. The van der Waals surface area contributed by atoms with E-state index in [1.807, 2.05) is 62.4 Å². The zero-order valence-electron chi connectivity index (χ0n) is 15.7. The first-order chi connectivity index (χ1) is 13.0. The summed E-state index contributed by atoms with van der Waals surface area (Å²) in [7, 11) is 1.62. The van der Waals surface area contributed by atoms with E-state index < -0.39 is 0 Å². The molecule has 0 saturated heterocycles. The van der Waals surface area contributed by atoms with Crippen LogP contribution in [0.25, 0.3) is 0 Å². The standard InChI is InChI=1S/C15H14O2.C8H9NO/c1-11-8-9-14(12(2)10-11)15(16)17-13-6-4-3-5-7-13;1-9-8(10)7-5-3-2-4-6-7/h3-10H,1-2H3;2-6H,1H3,(H,9,10). The number of carbonyl (C=O) groups is 2. The number of aryl methyl sites for hydroxylation is 2. The summed E-state index contributed by atoms with van der Waals surface area (Å²) >= 11 is 0. The molecule has 0 heterocycles. The van der Waals surface area contributed by atoms with Crippen molar-refractivity contribution in [3.05, 3.63) is 101 Å². The monoisotopic (exact) mass is 361 g/mol. The molecule has 0 saturated carbocycles. The Kier molecular flexibility index (Phi) is 7.32. The number of para-hydroxylation sites is 1. The van der Waals surface area contributed by atoms with Crippen LogP contribution in [-0.2, 0) is 0 Å². The SMILES string of the molecule is CNC(=O)c1ccccc1.Cc1ccc(C(=O)Oc2ccccc2)c(C)c1. The molecule has 0 aliphatic heterocycles. The average Bonchev–Trinajstić information content (AvgIpc) is 2.69. The van der Waals surface area contributed by atoms with Gasteiger partial charge >= 0.3 is 5.97 Å². The van der Waals surface area contributed by atoms with Crippen molar-refractivity contribution in [3.8, 4) is 5.75 Å². The second kappa shape index (κ2) is 9.92. The number of ether oxygens (including phenoxy) is 1. The minimum Gasteiger partial charge on any atom is -0.423 e. The van der Waals surface area contributed by atoms with E-state index in [-0.39, 0.29) is 11.9 Å². The molecule has 4 nitrogen and oxygen atoms in total. The first kappa shape index (κ1) is 19.9. The fourth-order valence-corrected chi connectivity index (χ4v) is 2.43. The molecule has 27 heavy (non-hydrogen) atoms. The number of hydrogen-bond acceptors (Lipinski definition) is 3. The van der Waals surface area contributed by atoms with Gasteiger partial charge in [0, 0.05) is 12.6 Å². The van der Waals surface area contributed by atoms with E-state index in [0.29, 0.717) is 16.9 Å². The van der Waals surface area contributed by atoms with E-state index in [9.17, 15) is 9.59 Å². The number of hydrogen-bond donors (Lipinski definition) is 1. The topological polar surface area (TPSA) is 55.4 Å². The highest BCUT2D eigenvalue weighted by Gasteiger charge is 2.11. The van der Waals surface area contributed by atoms with Crippen molar-refractivity contribution in [2.24, 2.45) is 0 Å². The molecule has 0 atom stereocenters. The van der Waals surface area contributed by atoms with Crippen LogP contribution in [0, 0.1) is 13.8 Å². The maximum atomic E-state index is 11.9. The molecular formula is C23H23NO3. The molecule has 138 valence electrons. The summed E-state index contributed by atoms with van der Waals surface area (Å²) in [5.41, 5.74) is 3.38. The molecule has 3 aromatic rings. The molecule has 1 N–H and O–H groups in total. The minimum atomic E-state index is -0.311. The van der Waals surface area contributed by atoms with Gasteiger partial charge in [-0.2, -0.15) is 0 Å². The molecule has 3 aromatic carbocycles. The van der Waals surface area contributed by atoms with Gasteiger partial charge in [0.15, 0.2) is 0 Å². The van der Waals surface area contributed by atoms with E-state index in [2.05, 4.69) is 5.32 Å². The Hall–Kier alpha value is -3.40. The molecule has 0 radical (unpaired) electrons. The van der Waals surface area contributed by atoms with Crippen molar-refractivity contribution >= 4 is 11.9 Å². The average molecular weight is 361 g/mol. The Bertz CT molecular complexity index is 890. The van der Waals surface area contributed by atoms with Crippen LogP contribution < -0.4 is 10.1 Å². The van der Waals surface area contributed by atoms with Gasteiger partial charge in [0.1, 0.15) is 5.75 Å². The Balaban J connectivity index is 0.000000223. The molecule has 0 fully saturated rings. The van der Waals surface area contributed by atoms with Gasteiger partial charge in [0.2, 0.25) is 0 Å². The summed E-state index contributed by atoms with van der Waals surface area (Å²) in [4.78, 5) is 22.8. The molecule has 0 aliphatic rings. The highest BCUT2D eigenvalue weighted by Crippen LogP contribution is 2.15. The van der Waals surface area contributed by atoms with Crippen LogP contribution in [0.15, 0.2) is 78.9 Å². The fourth-order valence-electron chi connectivity index (χ4n) is 2.43. The van der Waals surface area contributed by atoms with Crippen molar-refractivity contribution in [1.82, 2.24) is 5.32 Å². The van der Waals surface area contributed by atoms with Gasteiger partial charge < -0.3 is 10.1 Å². The van der Waals surface area contributed by atoms with Gasteiger partial charge in [-0.1, -0.05) is 54.1 Å². The van der Waals surface area contributed by atoms with Gasteiger partial charge in [-0.3, -0.25) is 4.79 Å². The molecule has 0 spiro atoms. The lowest BCUT2D eigenvalue weighted by Gasteiger charge is -2.07. The van der Waals surface area contributed by atoms with Crippen molar-refractivity contribution < 1.29 is 14.3 Å². The zero-order valence-corrected chi connectivity index (χ0v) is 15.7. The molecule has 3 rings (SSSR count). The van der Waals surface area contributed by atoms with Crippen molar-refractivity contribution in [3.63, 3.8) is 0 Å². The second-order valence-electron chi connectivity index (χ2n) is 5.97. The number of rotatable bonds is 3. The van der Waals surface area contributed by atoms with Crippen LogP contribution in [0.5, 0.6) is 5.75 Å². The maximum Gasteiger partial charge on any atom is 0.343 e. The van der Waals surface area contributed by atoms with Crippen LogP contribution in [0.2, 0.25) is 0 Å². The number of carbonyl (C=O) groups excluding carboxylic acids is 2. The fraction of sp³-hybridized carbons (Fsp3) is 0.130. The summed E-state index contributed by atoms with van der Waals surface area (Å²) in [6.07, 6.45) is 0. The minimum absolute atomic E-state index is 0.0411. The normalized spacial score (nSPS) is 9.59. The van der Waals surface area contributed by atoms with E-state index in [4.69, 9.17) is 4.74 Å². The van der Waals surface area contributed by atoms with Crippen molar-refractivity contribution in [2.45, 2.75) is 13.8 Å². The second-order valence-corrected chi connectivity index (χ2v) is 5.97. The van der Waals surface area contributed by atoms with Crippen LogP contribution in [0.3, 0.4) is 0 Å². The third-order valence-corrected chi connectivity index (χ3v) is 3.82. The maximum absolute atomic E-state index is 11.9. The lowest BCUT2D eigenvalue weighted by atomic mass is 10.1. The highest BCUT2D eigenvalue weighted by molar-refractivity contribution is 5.94. The Morgan fingerprint density at radius 1 is 0.815 bits per heavy atom. The third-order valence-electron chi connectivity index (χ3n) is 3.82. The summed E-state index contributed by atoms with van der Waals surface area (Å²) < 4.78 is 5.28. The largest absolute Gasteiger partial charge is 0.423 e. The van der Waals surface area contributed by atoms with E-state index in [1.54, 1.807) is 37.4 Å². The number of nitrogens with one attached hydrogen (secondary N) is 1. The lowest BCUT2D eigenvalue weighted by molar-refractivity contribution is 0.0733. The zero-order chi connectivity index (χ0) is 19.6. The third kappa shape index (κ3) is 6.12. The van der Waals surface area contributed by atoms with Crippen LogP contribution >= 0.6 is 0 Å². The molecule has 1 amide bonds. The van der Waals surface area contributed by atoms with E-state index in [0.717, 1.165) is 11.1 Å². The predicted molar refractivity (Wildman–Crippen MR) is 107 cm³/mol. The van der Waals surface area contributed by atoms with Gasteiger partial charge in [0.25, 0.3) is 5.91 Å². The van der Waals surface area contributed by atoms with Gasteiger partial charge in [-0.05, 0) is 49.7 Å². The smallest absolute Gasteiger partial charge is 0.343 e. The molecule has 0 unspecified atom stereocenters. The Labute approximate surface area is 159 Å². The Morgan fingerprint density at radius 3 is 1.96 bits per heavy atom. The summed E-state index contributed by atoms with van der Waals surface area (Å²) in [5.74, 6) is 0.215. The van der Waals surface area contributed by atoms with Gasteiger partial charge in [-0.25, -0.2) is 4.79 Å². The number of esters is 1. The van der Waals surface area contributed by atoms with Crippen molar-refractivity contribution in [1.29, 1.82) is 0 Å². The molecular weight excluding hydrogens is 338 g/mol. The van der Waals surface area contributed by atoms with E-state index in [1.165, 1.54) is 0 Å². The molecule has 0 aliphatic carbocycles. The highest BCUT2D eigenvalue weighted by atomic mass is 16.5. The molecule has 0 bridgehead atoms. The van der Waals surface area contributed by atoms with E-state index >= 15 is 0 Å². The molecule has 0 aromatic heterocycles. The number of benzene rings is 3. The quantitative estimate of drug-likeness (QED) is 0.549. The van der Waals surface area contributed by atoms with Crippen LogP contribution in [0.4, 0.5) is 0 Å². The Morgan fingerprint density at radius 2 is 1.41 bits per heavy atom. The lowest BCUT2D eigenvalue weighted by Crippen LogP contribution is -2.17. The van der Waals surface area contributed by atoms with Gasteiger partial charge in [-0.15, -0.1) is 0 Å².